The number of halogens is 2. The Hall–Kier alpha value is -4.64. The highest BCUT2D eigenvalue weighted by atomic mass is 32.2. The van der Waals surface area contributed by atoms with E-state index in [-0.39, 0.29) is 29.9 Å². The van der Waals surface area contributed by atoms with Gasteiger partial charge in [-0.25, -0.2) is 13.6 Å². The number of fused-ring (bicyclic) bond motifs is 2. The Bertz CT molecular complexity index is 1940. The fourth-order valence-corrected chi connectivity index (χ4v) is 9.44. The average Bonchev–Trinajstić information content (AvgIpc) is 3.63. The number of amides is 1. The SMILES string of the molecule is CC1(C)S[C@H]2N(C(=O)C23C(C(=O)Oc2ccccc2)=CCC3C(=O)c2cc(F)cc(F)c2)[C@H]1C(O)(OCc1ccccc1)c1ccccc1. The molecular weight excluding hydrogens is 648 g/mol. The van der Waals surface area contributed by atoms with Gasteiger partial charge >= 0.3 is 5.97 Å². The van der Waals surface area contributed by atoms with E-state index in [1.54, 1.807) is 54.6 Å². The highest BCUT2D eigenvalue weighted by Crippen LogP contribution is 2.68. The second-order valence-electron chi connectivity index (χ2n) is 13.0. The number of ether oxygens (including phenoxy) is 2. The molecule has 0 aromatic heterocycles. The van der Waals surface area contributed by atoms with Crippen LogP contribution >= 0.6 is 11.8 Å². The van der Waals surface area contributed by atoms with E-state index in [2.05, 4.69) is 0 Å². The van der Waals surface area contributed by atoms with E-state index in [9.17, 15) is 28.3 Å². The molecule has 2 heterocycles. The molecule has 2 aliphatic heterocycles. The summed E-state index contributed by atoms with van der Waals surface area (Å²) in [6.45, 7) is 3.78. The zero-order chi connectivity index (χ0) is 34.6. The molecule has 3 unspecified atom stereocenters. The van der Waals surface area contributed by atoms with Crippen molar-refractivity contribution in [1.29, 1.82) is 0 Å². The lowest BCUT2D eigenvalue weighted by molar-refractivity contribution is -0.269. The molecule has 4 aromatic carbocycles. The molecule has 3 aliphatic rings. The Balaban J connectivity index is 1.31. The van der Waals surface area contributed by atoms with E-state index >= 15 is 0 Å². The number of hydrogen-bond acceptors (Lipinski definition) is 7. The van der Waals surface area contributed by atoms with E-state index in [0.29, 0.717) is 11.6 Å². The molecule has 2 fully saturated rings. The third-order valence-corrected chi connectivity index (χ3v) is 11.3. The van der Waals surface area contributed by atoms with Gasteiger partial charge in [-0.3, -0.25) is 9.59 Å². The van der Waals surface area contributed by atoms with E-state index in [1.807, 2.05) is 50.2 Å². The van der Waals surface area contributed by atoms with Crippen LogP contribution in [0.1, 0.15) is 41.8 Å². The molecule has 1 aliphatic carbocycles. The van der Waals surface area contributed by atoms with Gasteiger partial charge in [0, 0.05) is 27.9 Å². The minimum Gasteiger partial charge on any atom is -0.423 e. The van der Waals surface area contributed by atoms with Crippen LogP contribution in [-0.2, 0) is 26.7 Å². The van der Waals surface area contributed by atoms with Gasteiger partial charge in [0.1, 0.15) is 28.8 Å². The van der Waals surface area contributed by atoms with Gasteiger partial charge in [-0.15, -0.1) is 11.8 Å². The Morgan fingerprint density at radius 2 is 1.51 bits per heavy atom. The molecule has 7 rings (SSSR count). The number of allylic oxidation sites excluding steroid dienone is 1. The fourth-order valence-electron chi connectivity index (χ4n) is 7.55. The van der Waals surface area contributed by atoms with Gasteiger partial charge in [0.2, 0.25) is 11.7 Å². The van der Waals surface area contributed by atoms with Crippen molar-refractivity contribution in [3.63, 3.8) is 0 Å². The normalized spacial score (nSPS) is 24.9. The lowest BCUT2D eigenvalue weighted by atomic mass is 9.63. The molecule has 49 heavy (non-hydrogen) atoms. The Morgan fingerprint density at radius 1 is 0.918 bits per heavy atom. The molecule has 1 N–H and O–H groups in total. The largest absolute Gasteiger partial charge is 0.423 e. The van der Waals surface area contributed by atoms with Crippen molar-refractivity contribution in [2.75, 3.05) is 0 Å². The molecule has 0 saturated carbocycles. The first kappa shape index (κ1) is 32.9. The maximum Gasteiger partial charge on any atom is 0.340 e. The van der Waals surface area contributed by atoms with E-state index in [4.69, 9.17) is 9.47 Å². The van der Waals surface area contributed by atoms with Gasteiger partial charge in [-0.2, -0.15) is 0 Å². The predicted octanol–water partition coefficient (Wildman–Crippen LogP) is 6.81. The Morgan fingerprint density at radius 3 is 2.14 bits per heavy atom. The summed E-state index contributed by atoms with van der Waals surface area (Å²) in [5.74, 6) is -6.87. The number of thioether (sulfide) groups is 1. The van der Waals surface area contributed by atoms with E-state index in [0.717, 1.165) is 17.7 Å². The van der Waals surface area contributed by atoms with E-state index < -0.39 is 62.6 Å². The molecule has 0 radical (unpaired) electrons. The molecule has 1 amide bonds. The van der Waals surface area contributed by atoms with Crippen LogP contribution in [0, 0.1) is 23.0 Å². The van der Waals surface area contributed by atoms with Gasteiger partial charge in [0.15, 0.2) is 5.78 Å². The number of benzene rings is 4. The molecule has 10 heteroatoms. The summed E-state index contributed by atoms with van der Waals surface area (Å²) in [7, 11) is 0. The third-order valence-electron chi connectivity index (χ3n) is 9.63. The van der Waals surface area contributed by atoms with Crippen molar-refractivity contribution in [3.05, 3.63) is 149 Å². The number of Topliss-reactive ketones (excluding diaryl/α,β-unsaturated/α-hetero) is 1. The zero-order valence-electron chi connectivity index (χ0n) is 26.7. The summed E-state index contributed by atoms with van der Waals surface area (Å²) in [6, 6.07) is 28.0. The Labute approximate surface area is 286 Å². The minimum atomic E-state index is -2.02. The first-order valence-corrected chi connectivity index (χ1v) is 16.8. The molecular formula is C39H33F2NO6S. The summed E-state index contributed by atoms with van der Waals surface area (Å²) < 4.78 is 39.9. The highest BCUT2D eigenvalue weighted by Gasteiger charge is 2.79. The molecule has 7 nitrogen and oxygen atoms in total. The number of esters is 1. The van der Waals surface area contributed by atoms with Crippen molar-refractivity contribution >= 4 is 29.4 Å². The quantitative estimate of drug-likeness (QED) is 0.0683. The van der Waals surface area contributed by atoms with Crippen LogP contribution in [0.4, 0.5) is 8.78 Å². The van der Waals surface area contributed by atoms with Crippen LogP contribution in [0.15, 0.2) is 121 Å². The standard InChI is InChI=1S/C39H33F2NO6S/c1-37(2)34(39(46,26-14-8-4-9-15-26)47-23-24-12-6-3-7-13-24)42-35(45)38(36(42)49-37)30(32(43)25-20-27(40)22-28(41)21-25)18-19-31(38)33(44)48-29-16-10-5-11-17-29/h3-17,19-22,30,34,36,46H,18,23H2,1-2H3/t30?,34-,36-,38?,39?/m1/s1. The van der Waals surface area contributed by atoms with E-state index in [1.165, 1.54) is 22.7 Å². The Kier molecular flexibility index (Phi) is 8.29. The predicted molar refractivity (Wildman–Crippen MR) is 179 cm³/mol. The topological polar surface area (TPSA) is 93.1 Å². The number of β-lactam (4-membered cyclic amide) rings is 1. The van der Waals surface area contributed by atoms with Crippen LogP contribution in [-0.4, -0.2) is 43.8 Å². The van der Waals surface area contributed by atoms with Crippen molar-refractivity contribution in [1.82, 2.24) is 4.90 Å². The van der Waals surface area contributed by atoms with Crippen LogP contribution < -0.4 is 4.74 Å². The van der Waals surface area contributed by atoms with Gasteiger partial charge in [-0.05, 0) is 50.1 Å². The van der Waals surface area contributed by atoms with Gasteiger partial charge in [0.25, 0.3) is 0 Å². The van der Waals surface area contributed by atoms with Crippen molar-refractivity contribution in [3.8, 4) is 5.75 Å². The third kappa shape index (κ3) is 5.39. The number of nitrogens with zero attached hydrogens (tertiary/aromatic N) is 1. The zero-order valence-corrected chi connectivity index (χ0v) is 27.5. The van der Waals surface area contributed by atoms with Crippen LogP contribution in [0.25, 0.3) is 0 Å². The summed E-state index contributed by atoms with van der Waals surface area (Å²) >= 11 is 1.33. The molecule has 250 valence electrons. The van der Waals surface area contributed by atoms with Gasteiger partial charge in [0.05, 0.1) is 17.6 Å². The summed E-state index contributed by atoms with van der Waals surface area (Å²) in [6.07, 6.45) is 1.49. The second kappa shape index (κ2) is 12.4. The first-order chi connectivity index (χ1) is 23.5. The molecule has 2 saturated heterocycles. The number of ketones is 1. The maximum absolute atomic E-state index is 15.0. The van der Waals surface area contributed by atoms with Crippen molar-refractivity contribution in [2.45, 2.75) is 48.8 Å². The van der Waals surface area contributed by atoms with Crippen LogP contribution in [0.5, 0.6) is 5.75 Å². The number of para-hydroxylation sites is 1. The fraction of sp³-hybridized carbons (Fsp3) is 0.256. The molecule has 5 atom stereocenters. The lowest BCUT2D eigenvalue weighted by Gasteiger charge is -2.57. The first-order valence-electron chi connectivity index (χ1n) is 15.9. The van der Waals surface area contributed by atoms with Gasteiger partial charge < -0.3 is 19.5 Å². The van der Waals surface area contributed by atoms with Crippen molar-refractivity contribution in [2.24, 2.45) is 11.3 Å². The summed E-state index contributed by atoms with van der Waals surface area (Å²) in [5, 5.41) is 11.8. The number of aliphatic hydroxyl groups is 1. The monoisotopic (exact) mass is 681 g/mol. The highest BCUT2D eigenvalue weighted by molar-refractivity contribution is 8.01. The van der Waals surface area contributed by atoms with Crippen LogP contribution in [0.2, 0.25) is 0 Å². The average molecular weight is 682 g/mol. The van der Waals surface area contributed by atoms with Gasteiger partial charge in [-0.1, -0.05) is 84.9 Å². The minimum absolute atomic E-state index is 0.00441. The number of carbonyl (C=O) groups is 3. The number of rotatable bonds is 9. The van der Waals surface area contributed by atoms with Crippen molar-refractivity contribution < 1.29 is 37.7 Å². The summed E-state index contributed by atoms with van der Waals surface area (Å²) in [5.41, 5.74) is -0.756. The summed E-state index contributed by atoms with van der Waals surface area (Å²) in [4.78, 5) is 44.5. The molecule has 0 bridgehead atoms. The second-order valence-corrected chi connectivity index (χ2v) is 14.8. The smallest absolute Gasteiger partial charge is 0.340 e. The number of carbonyl (C=O) groups excluding carboxylic acids is 3. The molecule has 1 spiro atoms. The lowest BCUT2D eigenvalue weighted by Crippen LogP contribution is -2.74. The number of hydrogen-bond donors (Lipinski definition) is 1. The molecule has 4 aromatic rings. The maximum atomic E-state index is 15.0. The van der Waals surface area contributed by atoms with Crippen LogP contribution in [0.3, 0.4) is 0 Å².